The maximum absolute atomic E-state index is 12.5. The second-order valence-corrected chi connectivity index (χ2v) is 6.17. The van der Waals surface area contributed by atoms with Crippen molar-refractivity contribution in [3.05, 3.63) is 65.2 Å². The van der Waals surface area contributed by atoms with E-state index in [9.17, 15) is 4.79 Å². The summed E-state index contributed by atoms with van der Waals surface area (Å²) in [7, 11) is 0. The van der Waals surface area contributed by atoms with E-state index < -0.39 is 0 Å². The fraction of sp³-hybridized carbons (Fsp3) is 0.222. The van der Waals surface area contributed by atoms with Crippen molar-refractivity contribution in [3.63, 3.8) is 0 Å². The standard InChI is InChI=1S/C18H20ClN3OS/c1-2-6-16(13-7-4-3-5-8-13)17(23)21-22-18(24)20-15-11-9-14(19)10-12-15/h3-5,7-12,16H,2,6H2,1H3,(H,21,23)(H2,20,22,24)/t16-/m0/s1. The Morgan fingerprint density at radius 2 is 1.75 bits per heavy atom. The first-order valence-electron chi connectivity index (χ1n) is 7.77. The molecule has 24 heavy (non-hydrogen) atoms. The number of benzene rings is 2. The molecule has 0 aliphatic carbocycles. The highest BCUT2D eigenvalue weighted by molar-refractivity contribution is 7.80. The van der Waals surface area contributed by atoms with Gasteiger partial charge in [0.25, 0.3) is 0 Å². The molecular formula is C18H20ClN3OS. The molecular weight excluding hydrogens is 342 g/mol. The largest absolute Gasteiger partial charge is 0.331 e. The van der Waals surface area contributed by atoms with Crippen LogP contribution in [0.3, 0.4) is 0 Å². The minimum Gasteiger partial charge on any atom is -0.331 e. The molecule has 126 valence electrons. The maximum Gasteiger partial charge on any atom is 0.245 e. The molecule has 6 heteroatoms. The van der Waals surface area contributed by atoms with Crippen molar-refractivity contribution in [1.29, 1.82) is 0 Å². The molecule has 0 aliphatic rings. The highest BCUT2D eigenvalue weighted by Gasteiger charge is 2.19. The predicted molar refractivity (Wildman–Crippen MR) is 103 cm³/mol. The van der Waals surface area contributed by atoms with Crippen LogP contribution in [-0.2, 0) is 4.79 Å². The maximum atomic E-state index is 12.5. The first kappa shape index (κ1) is 18.2. The van der Waals surface area contributed by atoms with Crippen molar-refractivity contribution >= 4 is 40.5 Å². The molecule has 0 aromatic heterocycles. The summed E-state index contributed by atoms with van der Waals surface area (Å²) in [5.41, 5.74) is 7.21. The van der Waals surface area contributed by atoms with Gasteiger partial charge in [-0.2, -0.15) is 0 Å². The topological polar surface area (TPSA) is 53.2 Å². The quantitative estimate of drug-likeness (QED) is 0.550. The van der Waals surface area contributed by atoms with Crippen LogP contribution < -0.4 is 16.2 Å². The van der Waals surface area contributed by atoms with E-state index in [2.05, 4.69) is 23.1 Å². The minimum absolute atomic E-state index is 0.108. The highest BCUT2D eigenvalue weighted by atomic mass is 35.5. The van der Waals surface area contributed by atoms with Gasteiger partial charge in [0, 0.05) is 10.7 Å². The van der Waals surface area contributed by atoms with E-state index >= 15 is 0 Å². The van der Waals surface area contributed by atoms with Gasteiger partial charge >= 0.3 is 0 Å². The van der Waals surface area contributed by atoms with Crippen LogP contribution in [0.5, 0.6) is 0 Å². The van der Waals surface area contributed by atoms with Gasteiger partial charge < -0.3 is 5.32 Å². The van der Waals surface area contributed by atoms with Crippen LogP contribution in [-0.4, -0.2) is 11.0 Å². The van der Waals surface area contributed by atoms with E-state index in [-0.39, 0.29) is 11.8 Å². The Morgan fingerprint density at radius 3 is 2.38 bits per heavy atom. The molecule has 0 saturated carbocycles. The van der Waals surface area contributed by atoms with Crippen LogP contribution in [0.15, 0.2) is 54.6 Å². The normalized spacial score (nSPS) is 11.4. The molecule has 1 atom stereocenters. The Morgan fingerprint density at radius 1 is 1.08 bits per heavy atom. The van der Waals surface area contributed by atoms with Crippen LogP contribution >= 0.6 is 23.8 Å². The number of hydrogen-bond acceptors (Lipinski definition) is 2. The number of carbonyl (C=O) groups excluding carboxylic acids is 1. The summed E-state index contributed by atoms with van der Waals surface area (Å²) >= 11 is 11.0. The number of carbonyl (C=O) groups is 1. The van der Waals surface area contributed by atoms with E-state index in [1.54, 1.807) is 12.1 Å². The Kier molecular flexibility index (Phi) is 7.03. The van der Waals surface area contributed by atoms with Gasteiger partial charge in [0.2, 0.25) is 5.91 Å². The van der Waals surface area contributed by atoms with E-state index in [4.69, 9.17) is 23.8 Å². The monoisotopic (exact) mass is 361 g/mol. The average Bonchev–Trinajstić information content (AvgIpc) is 2.60. The summed E-state index contributed by atoms with van der Waals surface area (Å²) in [4.78, 5) is 12.5. The fourth-order valence-electron chi connectivity index (χ4n) is 2.32. The molecule has 0 aliphatic heterocycles. The van der Waals surface area contributed by atoms with Crippen molar-refractivity contribution in [2.75, 3.05) is 5.32 Å². The average molecular weight is 362 g/mol. The molecule has 0 saturated heterocycles. The van der Waals surface area contributed by atoms with Crippen molar-refractivity contribution in [1.82, 2.24) is 10.9 Å². The van der Waals surface area contributed by atoms with Gasteiger partial charge in [-0.1, -0.05) is 55.3 Å². The number of thiocarbonyl (C=S) groups is 1. The number of nitrogens with one attached hydrogen (secondary N) is 3. The van der Waals surface area contributed by atoms with Crippen molar-refractivity contribution < 1.29 is 4.79 Å². The molecule has 0 radical (unpaired) electrons. The Labute approximate surface area is 152 Å². The zero-order valence-corrected chi connectivity index (χ0v) is 15.0. The zero-order valence-electron chi connectivity index (χ0n) is 13.4. The molecule has 0 spiro atoms. The minimum atomic E-state index is -0.206. The Balaban J connectivity index is 1.90. The fourth-order valence-corrected chi connectivity index (χ4v) is 2.62. The number of rotatable bonds is 5. The van der Waals surface area contributed by atoms with Crippen LogP contribution in [0, 0.1) is 0 Å². The Bertz CT molecular complexity index is 676. The molecule has 4 nitrogen and oxygen atoms in total. The second-order valence-electron chi connectivity index (χ2n) is 5.33. The first-order chi connectivity index (χ1) is 11.6. The lowest BCUT2D eigenvalue weighted by Crippen LogP contribution is -2.45. The van der Waals surface area contributed by atoms with E-state index in [0.717, 1.165) is 24.1 Å². The Hall–Kier alpha value is -2.11. The number of hydrogen-bond donors (Lipinski definition) is 3. The lowest BCUT2D eigenvalue weighted by atomic mass is 9.94. The molecule has 0 fully saturated rings. The van der Waals surface area contributed by atoms with Gasteiger partial charge in [-0.15, -0.1) is 0 Å². The summed E-state index contributed by atoms with van der Waals surface area (Å²) in [5.74, 6) is -0.315. The lowest BCUT2D eigenvalue weighted by Gasteiger charge is -2.18. The van der Waals surface area contributed by atoms with Crippen LogP contribution in [0.1, 0.15) is 31.2 Å². The molecule has 0 unspecified atom stereocenters. The van der Waals surface area contributed by atoms with Crippen molar-refractivity contribution in [2.24, 2.45) is 0 Å². The van der Waals surface area contributed by atoms with E-state index in [1.165, 1.54) is 0 Å². The van der Waals surface area contributed by atoms with Gasteiger partial charge in [0.05, 0.1) is 5.92 Å². The third-order valence-electron chi connectivity index (χ3n) is 3.50. The SMILES string of the molecule is CCC[C@H](C(=O)NNC(=S)Nc1ccc(Cl)cc1)c1ccccc1. The van der Waals surface area contributed by atoms with Gasteiger partial charge in [-0.05, 0) is 48.5 Å². The molecule has 2 rings (SSSR count). The van der Waals surface area contributed by atoms with Gasteiger partial charge in [-0.3, -0.25) is 15.6 Å². The van der Waals surface area contributed by atoms with Crippen LogP contribution in [0.4, 0.5) is 5.69 Å². The highest BCUT2D eigenvalue weighted by Crippen LogP contribution is 2.21. The number of amides is 1. The van der Waals surface area contributed by atoms with E-state index in [0.29, 0.717) is 10.1 Å². The molecule has 0 bridgehead atoms. The first-order valence-corrected chi connectivity index (χ1v) is 8.56. The van der Waals surface area contributed by atoms with Gasteiger partial charge in [0.15, 0.2) is 5.11 Å². The summed E-state index contributed by atoms with van der Waals surface area (Å²) in [5, 5.41) is 3.95. The molecule has 0 heterocycles. The molecule has 1 amide bonds. The van der Waals surface area contributed by atoms with Crippen molar-refractivity contribution in [2.45, 2.75) is 25.7 Å². The summed E-state index contributed by atoms with van der Waals surface area (Å²) < 4.78 is 0. The predicted octanol–water partition coefficient (Wildman–Crippen LogP) is 4.24. The third kappa shape index (κ3) is 5.51. The summed E-state index contributed by atoms with van der Waals surface area (Å²) in [6.07, 6.45) is 1.69. The van der Waals surface area contributed by atoms with Gasteiger partial charge in [0.1, 0.15) is 0 Å². The number of hydrazine groups is 1. The van der Waals surface area contributed by atoms with E-state index in [1.807, 2.05) is 42.5 Å². The number of anilines is 1. The van der Waals surface area contributed by atoms with Crippen molar-refractivity contribution in [3.8, 4) is 0 Å². The zero-order chi connectivity index (χ0) is 17.4. The number of halogens is 1. The molecule has 3 N–H and O–H groups in total. The summed E-state index contributed by atoms with van der Waals surface area (Å²) in [6, 6.07) is 16.9. The second kappa shape index (κ2) is 9.25. The smallest absolute Gasteiger partial charge is 0.245 e. The van der Waals surface area contributed by atoms with Crippen LogP contribution in [0.25, 0.3) is 0 Å². The van der Waals surface area contributed by atoms with Crippen LogP contribution in [0.2, 0.25) is 5.02 Å². The van der Waals surface area contributed by atoms with Gasteiger partial charge in [-0.25, -0.2) is 0 Å². The lowest BCUT2D eigenvalue weighted by molar-refractivity contribution is -0.123. The molecule has 2 aromatic rings. The molecule has 2 aromatic carbocycles. The third-order valence-corrected chi connectivity index (χ3v) is 3.95. The summed E-state index contributed by atoms with van der Waals surface area (Å²) in [6.45, 7) is 2.06.